The maximum atomic E-state index is 5.82. The third kappa shape index (κ3) is 2.73. The van der Waals surface area contributed by atoms with Crippen molar-refractivity contribution in [1.29, 1.82) is 0 Å². The fraction of sp³-hybridized carbons (Fsp3) is 0.273. The molecule has 0 atom stereocenters. The van der Waals surface area contributed by atoms with E-state index in [9.17, 15) is 0 Å². The summed E-state index contributed by atoms with van der Waals surface area (Å²) in [6.07, 6.45) is 0.726. The smallest absolute Gasteiger partial charge is 0.226 e. The van der Waals surface area contributed by atoms with Crippen LogP contribution in [0.4, 0.5) is 0 Å². The van der Waals surface area contributed by atoms with Crippen molar-refractivity contribution >= 4 is 11.6 Å². The number of benzene rings is 1. The number of aryl methyl sites for hydroxylation is 1. The molecular weight excluding hydrogens is 228 g/mol. The molecule has 84 valence electrons. The lowest BCUT2D eigenvalue weighted by molar-refractivity contribution is 0.285. The maximum Gasteiger partial charge on any atom is 0.226 e. The Kier molecular flexibility index (Phi) is 3.41. The zero-order chi connectivity index (χ0) is 11.4. The van der Waals surface area contributed by atoms with Gasteiger partial charge in [0.15, 0.2) is 6.61 Å². The number of hydrogen-bond donors (Lipinski definition) is 0. The predicted octanol–water partition coefficient (Wildman–Crippen LogP) is 2.86. The van der Waals surface area contributed by atoms with Crippen LogP contribution in [0.1, 0.15) is 18.6 Å². The molecule has 1 heterocycles. The summed E-state index contributed by atoms with van der Waals surface area (Å²) in [5, 5.41) is 4.42. The quantitative estimate of drug-likeness (QED) is 0.822. The van der Waals surface area contributed by atoms with E-state index in [2.05, 4.69) is 10.1 Å². The van der Waals surface area contributed by atoms with Gasteiger partial charge in [0.2, 0.25) is 11.7 Å². The summed E-state index contributed by atoms with van der Waals surface area (Å²) in [5.74, 6) is 1.84. The number of hydrogen-bond acceptors (Lipinski definition) is 4. The van der Waals surface area contributed by atoms with Gasteiger partial charge in [-0.05, 0) is 18.2 Å². The molecule has 4 nitrogen and oxygen atoms in total. The first kappa shape index (κ1) is 11.0. The SMILES string of the molecule is CCc1nc(COc2cccc(Cl)c2)no1. The number of halogens is 1. The minimum atomic E-state index is 0.282. The Hall–Kier alpha value is -1.55. The van der Waals surface area contributed by atoms with Crippen molar-refractivity contribution in [2.45, 2.75) is 20.0 Å². The van der Waals surface area contributed by atoms with Gasteiger partial charge in [-0.2, -0.15) is 4.98 Å². The van der Waals surface area contributed by atoms with Crippen LogP contribution in [0.2, 0.25) is 5.02 Å². The van der Waals surface area contributed by atoms with Crippen LogP contribution in [0.5, 0.6) is 5.75 Å². The first-order valence-electron chi connectivity index (χ1n) is 4.97. The first-order valence-corrected chi connectivity index (χ1v) is 5.35. The molecule has 1 aromatic carbocycles. The second-order valence-electron chi connectivity index (χ2n) is 3.20. The van der Waals surface area contributed by atoms with Gasteiger partial charge in [-0.25, -0.2) is 0 Å². The third-order valence-corrected chi connectivity index (χ3v) is 2.21. The van der Waals surface area contributed by atoms with E-state index in [0.29, 0.717) is 22.5 Å². The summed E-state index contributed by atoms with van der Waals surface area (Å²) >= 11 is 5.82. The van der Waals surface area contributed by atoms with Crippen molar-refractivity contribution in [3.05, 3.63) is 41.0 Å². The minimum Gasteiger partial charge on any atom is -0.485 e. The highest BCUT2D eigenvalue weighted by Gasteiger charge is 2.04. The molecule has 0 spiro atoms. The molecule has 0 N–H and O–H groups in total. The van der Waals surface area contributed by atoms with Crippen LogP contribution < -0.4 is 4.74 Å². The Morgan fingerprint density at radius 1 is 1.44 bits per heavy atom. The van der Waals surface area contributed by atoms with E-state index in [1.807, 2.05) is 19.1 Å². The molecule has 0 aliphatic rings. The van der Waals surface area contributed by atoms with E-state index >= 15 is 0 Å². The molecule has 0 bridgehead atoms. The number of ether oxygens (including phenoxy) is 1. The molecule has 0 radical (unpaired) electrons. The average Bonchev–Trinajstić information content (AvgIpc) is 2.74. The monoisotopic (exact) mass is 238 g/mol. The molecule has 0 aliphatic heterocycles. The van der Waals surface area contributed by atoms with E-state index in [1.165, 1.54) is 0 Å². The van der Waals surface area contributed by atoms with Gasteiger partial charge >= 0.3 is 0 Å². The molecular formula is C11H11ClN2O2. The van der Waals surface area contributed by atoms with Gasteiger partial charge in [-0.15, -0.1) is 0 Å². The van der Waals surface area contributed by atoms with Gasteiger partial charge in [-0.3, -0.25) is 0 Å². The number of nitrogens with zero attached hydrogens (tertiary/aromatic N) is 2. The molecule has 0 fully saturated rings. The molecule has 0 amide bonds. The van der Waals surface area contributed by atoms with Crippen molar-refractivity contribution in [3.63, 3.8) is 0 Å². The summed E-state index contributed by atoms with van der Waals surface area (Å²) in [4.78, 5) is 4.13. The summed E-state index contributed by atoms with van der Waals surface area (Å²) < 4.78 is 10.4. The number of rotatable bonds is 4. The summed E-state index contributed by atoms with van der Waals surface area (Å²) in [6.45, 7) is 2.24. The van der Waals surface area contributed by atoms with Crippen LogP contribution in [0.3, 0.4) is 0 Å². The Morgan fingerprint density at radius 3 is 3.00 bits per heavy atom. The topological polar surface area (TPSA) is 48.2 Å². The number of aromatic nitrogens is 2. The van der Waals surface area contributed by atoms with E-state index in [4.69, 9.17) is 20.9 Å². The van der Waals surface area contributed by atoms with Crippen LogP contribution >= 0.6 is 11.6 Å². The molecule has 0 aliphatic carbocycles. The van der Waals surface area contributed by atoms with Gasteiger partial charge in [-0.1, -0.05) is 29.7 Å². The standard InChI is InChI=1S/C11H11ClN2O2/c1-2-11-13-10(14-16-11)7-15-9-5-3-4-8(12)6-9/h3-6H,2,7H2,1H3. The molecule has 2 rings (SSSR count). The highest BCUT2D eigenvalue weighted by Crippen LogP contribution is 2.17. The van der Waals surface area contributed by atoms with Crippen LogP contribution in [-0.4, -0.2) is 10.1 Å². The normalized spacial score (nSPS) is 10.4. The average molecular weight is 239 g/mol. The Balaban J connectivity index is 1.96. The molecule has 0 saturated heterocycles. The molecule has 0 unspecified atom stereocenters. The van der Waals surface area contributed by atoms with Gasteiger partial charge < -0.3 is 9.26 Å². The Morgan fingerprint density at radius 2 is 2.31 bits per heavy atom. The summed E-state index contributed by atoms with van der Waals surface area (Å²) in [5.41, 5.74) is 0. The first-order chi connectivity index (χ1) is 7.78. The Labute approximate surface area is 98.2 Å². The molecule has 0 saturated carbocycles. The highest BCUT2D eigenvalue weighted by molar-refractivity contribution is 6.30. The zero-order valence-corrected chi connectivity index (χ0v) is 9.57. The molecule has 16 heavy (non-hydrogen) atoms. The van der Waals surface area contributed by atoms with Crippen molar-refractivity contribution in [2.24, 2.45) is 0 Å². The van der Waals surface area contributed by atoms with Gasteiger partial charge in [0.05, 0.1) is 0 Å². The van der Waals surface area contributed by atoms with Gasteiger partial charge in [0, 0.05) is 11.4 Å². The molecule has 2 aromatic rings. The van der Waals surface area contributed by atoms with Gasteiger partial charge in [0.25, 0.3) is 0 Å². The van der Waals surface area contributed by atoms with Crippen LogP contribution in [-0.2, 0) is 13.0 Å². The minimum absolute atomic E-state index is 0.282. The summed E-state index contributed by atoms with van der Waals surface area (Å²) in [7, 11) is 0. The fourth-order valence-electron chi connectivity index (χ4n) is 1.20. The predicted molar refractivity (Wildman–Crippen MR) is 59.5 cm³/mol. The second-order valence-corrected chi connectivity index (χ2v) is 3.64. The zero-order valence-electron chi connectivity index (χ0n) is 8.81. The van der Waals surface area contributed by atoms with Crippen LogP contribution in [0.15, 0.2) is 28.8 Å². The van der Waals surface area contributed by atoms with Gasteiger partial charge in [0.1, 0.15) is 5.75 Å². The molecule has 5 heteroatoms. The fourth-order valence-corrected chi connectivity index (χ4v) is 1.38. The van der Waals surface area contributed by atoms with E-state index in [1.54, 1.807) is 12.1 Å². The lowest BCUT2D eigenvalue weighted by atomic mass is 10.3. The van der Waals surface area contributed by atoms with E-state index in [-0.39, 0.29) is 6.61 Å². The Bertz CT molecular complexity index is 471. The van der Waals surface area contributed by atoms with Crippen molar-refractivity contribution in [2.75, 3.05) is 0 Å². The lowest BCUT2D eigenvalue weighted by Gasteiger charge is -2.02. The van der Waals surface area contributed by atoms with Crippen LogP contribution in [0.25, 0.3) is 0 Å². The van der Waals surface area contributed by atoms with E-state index in [0.717, 1.165) is 6.42 Å². The summed E-state index contributed by atoms with van der Waals surface area (Å²) in [6, 6.07) is 7.18. The lowest BCUT2D eigenvalue weighted by Crippen LogP contribution is -1.97. The second kappa shape index (κ2) is 4.99. The molecule has 1 aromatic heterocycles. The van der Waals surface area contributed by atoms with E-state index < -0.39 is 0 Å². The van der Waals surface area contributed by atoms with Crippen molar-refractivity contribution in [3.8, 4) is 5.75 Å². The van der Waals surface area contributed by atoms with Crippen LogP contribution in [0, 0.1) is 0 Å². The third-order valence-electron chi connectivity index (χ3n) is 1.98. The maximum absolute atomic E-state index is 5.82. The largest absolute Gasteiger partial charge is 0.485 e. The van der Waals surface area contributed by atoms with Crippen molar-refractivity contribution < 1.29 is 9.26 Å². The van der Waals surface area contributed by atoms with Crippen molar-refractivity contribution in [1.82, 2.24) is 10.1 Å². The highest BCUT2D eigenvalue weighted by atomic mass is 35.5.